The average Bonchev–Trinajstić information content (AvgIpc) is 2.36. The van der Waals surface area contributed by atoms with Crippen molar-refractivity contribution in [2.75, 3.05) is 0 Å². The topological polar surface area (TPSA) is 20.3 Å². The molecule has 2 heteroatoms. The Morgan fingerprint density at radius 3 is 1.55 bits per heavy atom. The second kappa shape index (κ2) is 12.2. The molecule has 2 nitrogen and oxygen atoms in total. The van der Waals surface area contributed by atoms with Crippen LogP contribution in [0.3, 0.4) is 0 Å². The second-order valence-electron chi connectivity index (χ2n) is 6.57. The van der Waals surface area contributed by atoms with Crippen LogP contribution in [0.15, 0.2) is 0 Å². The van der Waals surface area contributed by atoms with E-state index in [0.29, 0.717) is 18.0 Å². The molecule has 0 atom stereocenters. The molecule has 1 amide bonds. The molecular formula is C18H37NO. The van der Waals surface area contributed by atoms with Crippen LogP contribution in [0.5, 0.6) is 0 Å². The SMILES string of the molecule is CCCCCCCCCCCC(=O)N(C(C)C)C(C)C. The Morgan fingerprint density at radius 1 is 0.750 bits per heavy atom. The minimum Gasteiger partial charge on any atom is -0.338 e. The van der Waals surface area contributed by atoms with Gasteiger partial charge in [0.25, 0.3) is 0 Å². The highest BCUT2D eigenvalue weighted by Crippen LogP contribution is 2.13. The van der Waals surface area contributed by atoms with Crippen molar-refractivity contribution in [3.8, 4) is 0 Å². The van der Waals surface area contributed by atoms with Crippen LogP contribution in [-0.4, -0.2) is 22.9 Å². The smallest absolute Gasteiger partial charge is 0.223 e. The first-order chi connectivity index (χ1) is 9.50. The third-order valence-electron chi connectivity index (χ3n) is 3.89. The van der Waals surface area contributed by atoms with Gasteiger partial charge in [0.15, 0.2) is 0 Å². The van der Waals surface area contributed by atoms with E-state index in [1.54, 1.807) is 0 Å². The van der Waals surface area contributed by atoms with Gasteiger partial charge in [-0.3, -0.25) is 4.79 Å². The van der Waals surface area contributed by atoms with Gasteiger partial charge in [0.2, 0.25) is 5.91 Å². The van der Waals surface area contributed by atoms with E-state index >= 15 is 0 Å². The Balaban J connectivity index is 3.56. The maximum Gasteiger partial charge on any atom is 0.223 e. The summed E-state index contributed by atoms with van der Waals surface area (Å²) >= 11 is 0. The van der Waals surface area contributed by atoms with Crippen LogP contribution in [0.4, 0.5) is 0 Å². The summed E-state index contributed by atoms with van der Waals surface area (Å²) in [5.41, 5.74) is 0. The first kappa shape index (κ1) is 19.5. The number of carbonyl (C=O) groups is 1. The van der Waals surface area contributed by atoms with Crippen molar-refractivity contribution >= 4 is 5.91 Å². The first-order valence-electron chi connectivity index (χ1n) is 8.81. The molecule has 0 aliphatic heterocycles. The van der Waals surface area contributed by atoms with Gasteiger partial charge in [-0.25, -0.2) is 0 Å². The number of hydrogen-bond donors (Lipinski definition) is 0. The van der Waals surface area contributed by atoms with E-state index in [9.17, 15) is 4.79 Å². The van der Waals surface area contributed by atoms with E-state index in [-0.39, 0.29) is 0 Å². The summed E-state index contributed by atoms with van der Waals surface area (Å²) in [6, 6.07) is 0.641. The molecule has 0 unspecified atom stereocenters. The van der Waals surface area contributed by atoms with Gasteiger partial charge in [0.05, 0.1) is 0 Å². The molecule has 0 saturated carbocycles. The van der Waals surface area contributed by atoms with E-state index in [1.807, 2.05) is 4.90 Å². The fourth-order valence-corrected chi connectivity index (χ4v) is 2.89. The van der Waals surface area contributed by atoms with Crippen molar-refractivity contribution in [3.05, 3.63) is 0 Å². The average molecular weight is 284 g/mol. The quantitative estimate of drug-likeness (QED) is 0.430. The van der Waals surface area contributed by atoms with Gasteiger partial charge in [0.1, 0.15) is 0 Å². The standard InChI is InChI=1S/C18H37NO/c1-6-7-8-9-10-11-12-13-14-15-18(20)19(16(2)3)17(4)5/h16-17H,6-15H2,1-5H3. The van der Waals surface area contributed by atoms with Gasteiger partial charge in [-0.2, -0.15) is 0 Å². The fourth-order valence-electron chi connectivity index (χ4n) is 2.89. The number of rotatable bonds is 12. The van der Waals surface area contributed by atoms with Gasteiger partial charge in [-0.1, -0.05) is 58.3 Å². The number of hydrogen-bond acceptors (Lipinski definition) is 1. The largest absolute Gasteiger partial charge is 0.338 e. The van der Waals surface area contributed by atoms with Crippen LogP contribution in [0, 0.1) is 0 Å². The second-order valence-corrected chi connectivity index (χ2v) is 6.57. The summed E-state index contributed by atoms with van der Waals surface area (Å²) < 4.78 is 0. The van der Waals surface area contributed by atoms with Crippen molar-refractivity contribution in [1.29, 1.82) is 0 Å². The molecule has 0 aliphatic rings. The normalized spacial score (nSPS) is 11.3. The fraction of sp³-hybridized carbons (Fsp3) is 0.944. The Hall–Kier alpha value is -0.530. The van der Waals surface area contributed by atoms with Crippen molar-refractivity contribution in [1.82, 2.24) is 4.90 Å². The summed E-state index contributed by atoms with van der Waals surface area (Å²) in [6.45, 7) is 10.7. The molecule has 0 aliphatic carbocycles. The number of nitrogens with zero attached hydrogens (tertiary/aromatic N) is 1. The van der Waals surface area contributed by atoms with Gasteiger partial charge in [-0.15, -0.1) is 0 Å². The van der Waals surface area contributed by atoms with E-state index in [1.165, 1.54) is 51.4 Å². The Labute approximate surface area is 127 Å². The van der Waals surface area contributed by atoms with Gasteiger partial charge < -0.3 is 4.90 Å². The van der Waals surface area contributed by atoms with Crippen molar-refractivity contribution < 1.29 is 4.79 Å². The van der Waals surface area contributed by atoms with Gasteiger partial charge in [-0.05, 0) is 34.1 Å². The van der Waals surface area contributed by atoms with Crippen LogP contribution in [0.2, 0.25) is 0 Å². The van der Waals surface area contributed by atoms with Crippen LogP contribution < -0.4 is 0 Å². The molecule has 0 spiro atoms. The Bertz CT molecular complexity index is 228. The highest BCUT2D eigenvalue weighted by molar-refractivity contribution is 5.76. The molecule has 0 aromatic rings. The number of unbranched alkanes of at least 4 members (excludes halogenated alkanes) is 8. The molecule has 20 heavy (non-hydrogen) atoms. The summed E-state index contributed by atoms with van der Waals surface area (Å²) in [6.07, 6.45) is 12.5. The highest BCUT2D eigenvalue weighted by atomic mass is 16.2. The van der Waals surface area contributed by atoms with E-state index in [2.05, 4.69) is 34.6 Å². The van der Waals surface area contributed by atoms with Crippen LogP contribution in [0.25, 0.3) is 0 Å². The zero-order valence-corrected chi connectivity index (χ0v) is 14.6. The zero-order chi connectivity index (χ0) is 15.4. The zero-order valence-electron chi connectivity index (χ0n) is 14.6. The lowest BCUT2D eigenvalue weighted by molar-refractivity contribution is -0.134. The molecule has 0 fully saturated rings. The third-order valence-corrected chi connectivity index (χ3v) is 3.89. The molecule has 0 N–H and O–H groups in total. The molecular weight excluding hydrogens is 246 g/mol. The lowest BCUT2D eigenvalue weighted by atomic mass is 10.1. The van der Waals surface area contributed by atoms with Crippen LogP contribution >= 0.6 is 0 Å². The molecule has 0 rings (SSSR count). The van der Waals surface area contributed by atoms with Gasteiger partial charge in [0, 0.05) is 18.5 Å². The van der Waals surface area contributed by atoms with Crippen molar-refractivity contribution in [3.63, 3.8) is 0 Å². The predicted octanol–water partition coefficient (Wildman–Crippen LogP) is 5.55. The maximum absolute atomic E-state index is 12.2. The highest BCUT2D eigenvalue weighted by Gasteiger charge is 2.18. The van der Waals surface area contributed by atoms with E-state index in [4.69, 9.17) is 0 Å². The lowest BCUT2D eigenvalue weighted by Gasteiger charge is -2.30. The predicted molar refractivity (Wildman–Crippen MR) is 89.0 cm³/mol. The minimum atomic E-state index is 0.320. The monoisotopic (exact) mass is 283 g/mol. The van der Waals surface area contributed by atoms with Crippen molar-refractivity contribution in [2.45, 2.75) is 111 Å². The van der Waals surface area contributed by atoms with E-state index < -0.39 is 0 Å². The Kier molecular flexibility index (Phi) is 11.9. The van der Waals surface area contributed by atoms with E-state index in [0.717, 1.165) is 12.8 Å². The summed E-state index contributed by atoms with van der Waals surface area (Å²) in [5, 5.41) is 0. The van der Waals surface area contributed by atoms with Crippen LogP contribution in [-0.2, 0) is 4.79 Å². The summed E-state index contributed by atoms with van der Waals surface area (Å²) in [7, 11) is 0. The van der Waals surface area contributed by atoms with Crippen LogP contribution in [0.1, 0.15) is 98.8 Å². The summed E-state index contributed by atoms with van der Waals surface area (Å²) in [5.74, 6) is 0.331. The Morgan fingerprint density at radius 2 is 1.15 bits per heavy atom. The minimum absolute atomic E-state index is 0.320. The molecule has 0 radical (unpaired) electrons. The third kappa shape index (κ3) is 9.39. The molecule has 0 heterocycles. The molecule has 0 aromatic carbocycles. The summed E-state index contributed by atoms with van der Waals surface area (Å²) in [4.78, 5) is 14.2. The lowest BCUT2D eigenvalue weighted by Crippen LogP contribution is -2.41. The van der Waals surface area contributed by atoms with Crippen molar-refractivity contribution in [2.24, 2.45) is 0 Å². The van der Waals surface area contributed by atoms with Gasteiger partial charge >= 0.3 is 0 Å². The first-order valence-corrected chi connectivity index (χ1v) is 8.81. The number of carbonyl (C=O) groups excluding carboxylic acids is 1. The molecule has 0 aromatic heterocycles. The molecule has 0 bridgehead atoms. The maximum atomic E-state index is 12.2. The molecule has 0 saturated heterocycles. The number of amides is 1. The molecule has 120 valence electrons.